The van der Waals surface area contributed by atoms with Gasteiger partial charge in [-0.3, -0.25) is 4.79 Å². The highest BCUT2D eigenvalue weighted by atomic mass is 79.9. The van der Waals surface area contributed by atoms with Crippen molar-refractivity contribution in [3.8, 4) is 11.5 Å². The molecule has 1 aromatic carbocycles. The average molecular weight is 327 g/mol. The number of hydrogen-bond donors (Lipinski definition) is 0. The molecule has 0 unspecified atom stereocenters. The quantitative estimate of drug-likeness (QED) is 0.802. The number of benzene rings is 1. The Morgan fingerprint density at radius 1 is 1.17 bits per heavy atom. The summed E-state index contributed by atoms with van der Waals surface area (Å²) in [5.74, 6) is 0.927. The molecule has 0 saturated carbocycles. The third-order valence-electron chi connectivity index (χ3n) is 2.51. The monoisotopic (exact) mass is 326 g/mol. The molecule has 2 aromatic rings. The van der Waals surface area contributed by atoms with Crippen LogP contribution < -0.4 is 9.47 Å². The number of methoxy groups -OCH3 is 2. The lowest BCUT2D eigenvalue weighted by atomic mass is 10.0. The van der Waals surface area contributed by atoms with Crippen LogP contribution in [0.25, 0.3) is 0 Å². The van der Waals surface area contributed by atoms with Crippen LogP contribution in [-0.4, -0.2) is 20.0 Å². The van der Waals surface area contributed by atoms with Gasteiger partial charge >= 0.3 is 0 Å². The standard InChI is InChI=1S/C13H11BrO3S/c1-16-11-5-3-4-8(13(11)17-2)12(15)9-6-18-7-10(9)14/h3-7H,1-2H3. The molecule has 94 valence electrons. The fourth-order valence-corrected chi connectivity index (χ4v) is 3.11. The summed E-state index contributed by atoms with van der Waals surface area (Å²) in [6.45, 7) is 0. The zero-order chi connectivity index (χ0) is 13.1. The van der Waals surface area contributed by atoms with E-state index in [2.05, 4.69) is 15.9 Å². The molecule has 0 amide bonds. The predicted molar refractivity (Wildman–Crippen MR) is 75.0 cm³/mol. The lowest BCUT2D eigenvalue weighted by Gasteiger charge is -2.11. The second-order valence-electron chi connectivity index (χ2n) is 3.50. The van der Waals surface area contributed by atoms with Crippen molar-refractivity contribution in [2.75, 3.05) is 14.2 Å². The molecule has 3 nitrogen and oxygen atoms in total. The van der Waals surface area contributed by atoms with Gasteiger partial charge in [-0.1, -0.05) is 6.07 Å². The number of carbonyl (C=O) groups is 1. The molecule has 5 heteroatoms. The van der Waals surface area contributed by atoms with E-state index in [-0.39, 0.29) is 5.78 Å². The van der Waals surface area contributed by atoms with Gasteiger partial charge in [0.15, 0.2) is 17.3 Å². The van der Waals surface area contributed by atoms with Crippen LogP contribution in [-0.2, 0) is 0 Å². The van der Waals surface area contributed by atoms with E-state index in [0.717, 1.165) is 4.47 Å². The molecule has 0 atom stereocenters. The third kappa shape index (κ3) is 2.28. The first-order valence-electron chi connectivity index (χ1n) is 5.16. The number of ether oxygens (including phenoxy) is 2. The average Bonchev–Trinajstić information content (AvgIpc) is 2.83. The van der Waals surface area contributed by atoms with Crippen LogP contribution in [0.15, 0.2) is 33.4 Å². The van der Waals surface area contributed by atoms with Gasteiger partial charge in [-0.05, 0) is 28.1 Å². The van der Waals surface area contributed by atoms with E-state index in [0.29, 0.717) is 22.6 Å². The predicted octanol–water partition coefficient (Wildman–Crippen LogP) is 3.76. The number of halogens is 1. The summed E-state index contributed by atoms with van der Waals surface area (Å²) in [6.07, 6.45) is 0. The highest BCUT2D eigenvalue weighted by Gasteiger charge is 2.20. The maximum Gasteiger partial charge on any atom is 0.198 e. The van der Waals surface area contributed by atoms with E-state index in [1.165, 1.54) is 18.4 Å². The van der Waals surface area contributed by atoms with Gasteiger partial charge in [0.25, 0.3) is 0 Å². The van der Waals surface area contributed by atoms with Gasteiger partial charge in [0, 0.05) is 20.8 Å². The Morgan fingerprint density at radius 3 is 2.50 bits per heavy atom. The normalized spacial score (nSPS) is 10.2. The van der Waals surface area contributed by atoms with Crippen LogP contribution in [0.3, 0.4) is 0 Å². The molecule has 0 N–H and O–H groups in total. The van der Waals surface area contributed by atoms with Crippen molar-refractivity contribution in [2.24, 2.45) is 0 Å². The molecular weight excluding hydrogens is 316 g/mol. The van der Waals surface area contributed by atoms with Crippen LogP contribution in [0.5, 0.6) is 11.5 Å². The van der Waals surface area contributed by atoms with Gasteiger partial charge in [0.05, 0.1) is 19.8 Å². The molecule has 0 spiro atoms. The Hall–Kier alpha value is -1.33. The summed E-state index contributed by atoms with van der Waals surface area (Å²) in [5, 5.41) is 3.69. The van der Waals surface area contributed by atoms with Crippen LogP contribution in [0.4, 0.5) is 0 Å². The maximum atomic E-state index is 12.4. The minimum absolute atomic E-state index is 0.0844. The fourth-order valence-electron chi connectivity index (χ4n) is 1.65. The van der Waals surface area contributed by atoms with E-state index >= 15 is 0 Å². The number of carbonyl (C=O) groups excluding carboxylic acids is 1. The Labute approximate surface area is 117 Å². The van der Waals surface area contributed by atoms with Crippen molar-refractivity contribution >= 4 is 33.0 Å². The second kappa shape index (κ2) is 5.54. The first kappa shape index (κ1) is 13.1. The van der Waals surface area contributed by atoms with E-state index in [1.54, 1.807) is 25.3 Å². The van der Waals surface area contributed by atoms with Gasteiger partial charge in [0.1, 0.15) is 0 Å². The molecule has 18 heavy (non-hydrogen) atoms. The number of para-hydroxylation sites is 1. The Bertz CT molecular complexity index is 577. The molecular formula is C13H11BrO3S. The van der Waals surface area contributed by atoms with Crippen LogP contribution in [0.2, 0.25) is 0 Å². The van der Waals surface area contributed by atoms with Crippen molar-refractivity contribution in [1.29, 1.82) is 0 Å². The first-order valence-corrected chi connectivity index (χ1v) is 6.90. The van der Waals surface area contributed by atoms with Gasteiger partial charge in [-0.2, -0.15) is 11.3 Å². The lowest BCUT2D eigenvalue weighted by molar-refractivity contribution is 0.103. The largest absolute Gasteiger partial charge is 0.493 e. The van der Waals surface area contributed by atoms with E-state index < -0.39 is 0 Å². The molecule has 0 radical (unpaired) electrons. The molecule has 0 aliphatic rings. The number of thiophene rings is 1. The van der Waals surface area contributed by atoms with Gasteiger partial charge in [-0.25, -0.2) is 0 Å². The molecule has 0 aliphatic carbocycles. The first-order chi connectivity index (χ1) is 8.69. The second-order valence-corrected chi connectivity index (χ2v) is 5.10. The highest BCUT2D eigenvalue weighted by Crippen LogP contribution is 2.34. The minimum atomic E-state index is -0.0844. The van der Waals surface area contributed by atoms with Crippen molar-refractivity contribution in [3.05, 3.63) is 44.6 Å². The lowest BCUT2D eigenvalue weighted by Crippen LogP contribution is -2.04. The number of hydrogen-bond acceptors (Lipinski definition) is 4. The molecule has 0 fully saturated rings. The zero-order valence-corrected chi connectivity index (χ0v) is 12.3. The fraction of sp³-hybridized carbons (Fsp3) is 0.154. The van der Waals surface area contributed by atoms with Crippen LogP contribution in [0.1, 0.15) is 15.9 Å². The van der Waals surface area contributed by atoms with Crippen LogP contribution >= 0.6 is 27.3 Å². The van der Waals surface area contributed by atoms with Crippen molar-refractivity contribution in [3.63, 3.8) is 0 Å². The summed E-state index contributed by atoms with van der Waals surface area (Å²) >= 11 is 4.84. The zero-order valence-electron chi connectivity index (χ0n) is 9.90. The molecule has 2 rings (SSSR count). The van der Waals surface area contributed by atoms with Crippen molar-refractivity contribution < 1.29 is 14.3 Å². The molecule has 1 aromatic heterocycles. The minimum Gasteiger partial charge on any atom is -0.493 e. The maximum absolute atomic E-state index is 12.4. The summed E-state index contributed by atoms with van der Waals surface area (Å²) in [5.41, 5.74) is 1.13. The highest BCUT2D eigenvalue weighted by molar-refractivity contribution is 9.10. The molecule has 1 heterocycles. The Balaban J connectivity index is 2.52. The Kier molecular flexibility index (Phi) is 4.04. The molecule has 0 saturated heterocycles. The van der Waals surface area contributed by atoms with Crippen molar-refractivity contribution in [2.45, 2.75) is 0 Å². The summed E-state index contributed by atoms with van der Waals surface area (Å²) < 4.78 is 11.3. The van der Waals surface area contributed by atoms with E-state index in [9.17, 15) is 4.79 Å². The summed E-state index contributed by atoms with van der Waals surface area (Å²) in [7, 11) is 3.07. The third-order valence-corrected chi connectivity index (χ3v) is 4.21. The van der Waals surface area contributed by atoms with E-state index in [4.69, 9.17) is 9.47 Å². The SMILES string of the molecule is COc1cccc(C(=O)c2cscc2Br)c1OC. The number of rotatable bonds is 4. The van der Waals surface area contributed by atoms with Gasteiger partial charge in [-0.15, -0.1) is 0 Å². The van der Waals surface area contributed by atoms with E-state index in [1.807, 2.05) is 10.8 Å². The topological polar surface area (TPSA) is 35.5 Å². The van der Waals surface area contributed by atoms with Gasteiger partial charge < -0.3 is 9.47 Å². The van der Waals surface area contributed by atoms with Crippen LogP contribution in [0, 0.1) is 0 Å². The molecule has 0 aliphatic heterocycles. The van der Waals surface area contributed by atoms with Crippen molar-refractivity contribution in [1.82, 2.24) is 0 Å². The Morgan fingerprint density at radius 2 is 1.94 bits per heavy atom. The van der Waals surface area contributed by atoms with Gasteiger partial charge in [0.2, 0.25) is 0 Å². The smallest absolute Gasteiger partial charge is 0.198 e. The summed E-state index contributed by atoms with van der Waals surface area (Å²) in [6, 6.07) is 5.26. The molecule has 0 bridgehead atoms. The summed E-state index contributed by atoms with van der Waals surface area (Å²) in [4.78, 5) is 12.4. The number of ketones is 1.